The molecule has 1 aliphatic rings. The molecule has 4 rings (SSSR count). The molecule has 0 saturated carbocycles. The number of carbonyl (C=O) groups excluding carboxylic acids is 3. The first-order valence-corrected chi connectivity index (χ1v) is 10.1. The maximum absolute atomic E-state index is 12.4. The first-order chi connectivity index (χ1) is 15.1. The molecule has 0 unspecified atom stereocenters. The normalized spacial score (nSPS) is 14.3. The maximum atomic E-state index is 12.4. The Labute approximate surface area is 179 Å². The number of rotatable bonds is 6. The zero-order chi connectivity index (χ0) is 21.6. The fourth-order valence-corrected chi connectivity index (χ4v) is 3.54. The third kappa shape index (κ3) is 5.00. The Bertz CT molecular complexity index is 1020. The third-order valence-electron chi connectivity index (χ3n) is 5.23. The predicted octanol–water partition coefficient (Wildman–Crippen LogP) is 2.07. The Hall–Kier alpha value is -3.88. The van der Waals surface area contributed by atoms with Crippen LogP contribution in [0, 0.1) is 5.92 Å². The molecule has 160 valence electrons. The van der Waals surface area contributed by atoms with Crippen LogP contribution in [0.1, 0.15) is 23.4 Å². The van der Waals surface area contributed by atoms with Gasteiger partial charge < -0.3 is 20.0 Å². The molecule has 0 atom stereocenters. The van der Waals surface area contributed by atoms with E-state index in [9.17, 15) is 14.4 Å². The molecule has 3 heterocycles. The van der Waals surface area contributed by atoms with Crippen molar-refractivity contribution in [1.29, 1.82) is 0 Å². The van der Waals surface area contributed by atoms with Gasteiger partial charge in [0.2, 0.25) is 11.8 Å². The van der Waals surface area contributed by atoms with Crippen LogP contribution in [0.25, 0.3) is 5.69 Å². The molecule has 0 aliphatic carbocycles. The van der Waals surface area contributed by atoms with Gasteiger partial charge in [-0.05, 0) is 55.3 Å². The van der Waals surface area contributed by atoms with E-state index in [1.54, 1.807) is 40.0 Å². The first kappa shape index (κ1) is 20.4. The van der Waals surface area contributed by atoms with Crippen LogP contribution in [0.3, 0.4) is 0 Å². The van der Waals surface area contributed by atoms with E-state index < -0.39 is 0 Å². The van der Waals surface area contributed by atoms with Crippen molar-refractivity contribution in [2.24, 2.45) is 5.92 Å². The summed E-state index contributed by atoms with van der Waals surface area (Å²) in [7, 11) is 0. The van der Waals surface area contributed by atoms with Gasteiger partial charge >= 0.3 is 0 Å². The van der Waals surface area contributed by atoms with E-state index in [-0.39, 0.29) is 30.2 Å². The zero-order valence-corrected chi connectivity index (χ0v) is 16.9. The van der Waals surface area contributed by atoms with Crippen molar-refractivity contribution in [3.05, 3.63) is 66.9 Å². The summed E-state index contributed by atoms with van der Waals surface area (Å²) in [5.74, 6) is -0.555. The van der Waals surface area contributed by atoms with Gasteiger partial charge in [0.1, 0.15) is 0 Å². The lowest BCUT2D eigenvalue weighted by atomic mass is 9.95. The Morgan fingerprint density at radius 3 is 2.48 bits per heavy atom. The number of piperidine rings is 1. The maximum Gasteiger partial charge on any atom is 0.289 e. The van der Waals surface area contributed by atoms with Crippen LogP contribution in [-0.4, -0.2) is 52.0 Å². The monoisotopic (exact) mass is 421 g/mol. The van der Waals surface area contributed by atoms with Crippen molar-refractivity contribution >= 4 is 23.4 Å². The van der Waals surface area contributed by atoms with Crippen LogP contribution in [-0.2, 0) is 9.59 Å². The first-order valence-electron chi connectivity index (χ1n) is 10.1. The number of aromatic nitrogens is 2. The Balaban J connectivity index is 1.20. The topological polar surface area (TPSA) is 109 Å². The zero-order valence-electron chi connectivity index (χ0n) is 16.9. The quantitative estimate of drug-likeness (QED) is 0.633. The van der Waals surface area contributed by atoms with Crippen molar-refractivity contribution in [3.63, 3.8) is 0 Å². The summed E-state index contributed by atoms with van der Waals surface area (Å²) in [5.41, 5.74) is 1.52. The van der Waals surface area contributed by atoms with Crippen LogP contribution in [0.2, 0.25) is 0 Å². The van der Waals surface area contributed by atoms with Gasteiger partial charge in [0, 0.05) is 37.1 Å². The Kier molecular flexibility index (Phi) is 6.11. The molecule has 2 N–H and O–H groups in total. The number of furan rings is 1. The van der Waals surface area contributed by atoms with Gasteiger partial charge in [-0.2, -0.15) is 5.10 Å². The SMILES string of the molecule is O=C(CNC(=O)C1CCN(C(=O)c2ccco2)CC1)Nc1ccc(-n2cccn2)cc1. The van der Waals surface area contributed by atoms with Crippen molar-refractivity contribution in [1.82, 2.24) is 20.0 Å². The van der Waals surface area contributed by atoms with Crippen LogP contribution in [0.5, 0.6) is 0 Å². The van der Waals surface area contributed by atoms with E-state index in [2.05, 4.69) is 15.7 Å². The minimum Gasteiger partial charge on any atom is -0.459 e. The molecule has 1 aliphatic heterocycles. The van der Waals surface area contributed by atoms with Gasteiger partial charge in [0.25, 0.3) is 5.91 Å². The number of nitrogens with zero attached hydrogens (tertiary/aromatic N) is 3. The summed E-state index contributed by atoms with van der Waals surface area (Å²) in [6, 6.07) is 12.4. The van der Waals surface area contributed by atoms with E-state index >= 15 is 0 Å². The molecule has 0 radical (unpaired) electrons. The van der Waals surface area contributed by atoms with Gasteiger partial charge in [-0.1, -0.05) is 0 Å². The number of anilines is 1. The van der Waals surface area contributed by atoms with E-state index in [0.29, 0.717) is 37.4 Å². The lowest BCUT2D eigenvalue weighted by Crippen LogP contribution is -2.44. The minimum absolute atomic E-state index is 0.106. The van der Waals surface area contributed by atoms with Crippen molar-refractivity contribution in [2.45, 2.75) is 12.8 Å². The van der Waals surface area contributed by atoms with Crippen LogP contribution < -0.4 is 10.6 Å². The van der Waals surface area contributed by atoms with Crippen molar-refractivity contribution < 1.29 is 18.8 Å². The van der Waals surface area contributed by atoms with E-state index in [0.717, 1.165) is 5.69 Å². The lowest BCUT2D eigenvalue weighted by Gasteiger charge is -2.30. The average molecular weight is 421 g/mol. The molecular weight excluding hydrogens is 398 g/mol. The highest BCUT2D eigenvalue weighted by molar-refractivity contribution is 5.95. The van der Waals surface area contributed by atoms with Gasteiger partial charge in [-0.3, -0.25) is 14.4 Å². The lowest BCUT2D eigenvalue weighted by molar-refractivity contribution is -0.128. The van der Waals surface area contributed by atoms with Crippen molar-refractivity contribution in [3.8, 4) is 5.69 Å². The highest BCUT2D eigenvalue weighted by Gasteiger charge is 2.28. The Morgan fingerprint density at radius 2 is 1.84 bits per heavy atom. The molecule has 2 aromatic heterocycles. The van der Waals surface area contributed by atoms with E-state index in [1.165, 1.54) is 6.26 Å². The molecule has 0 spiro atoms. The van der Waals surface area contributed by atoms with E-state index in [4.69, 9.17) is 4.42 Å². The molecule has 3 amide bonds. The van der Waals surface area contributed by atoms with E-state index in [1.807, 2.05) is 24.4 Å². The summed E-state index contributed by atoms with van der Waals surface area (Å²) in [6.07, 6.45) is 6.09. The largest absolute Gasteiger partial charge is 0.459 e. The summed E-state index contributed by atoms with van der Waals surface area (Å²) in [5, 5.41) is 9.61. The molecule has 31 heavy (non-hydrogen) atoms. The number of amides is 3. The summed E-state index contributed by atoms with van der Waals surface area (Å²) in [4.78, 5) is 38.6. The highest BCUT2D eigenvalue weighted by Crippen LogP contribution is 2.19. The number of hydrogen-bond acceptors (Lipinski definition) is 5. The second-order valence-electron chi connectivity index (χ2n) is 7.31. The number of carbonyl (C=O) groups is 3. The summed E-state index contributed by atoms with van der Waals surface area (Å²) in [6.45, 7) is 0.851. The molecule has 0 bridgehead atoms. The van der Waals surface area contributed by atoms with Gasteiger partial charge in [0.15, 0.2) is 5.76 Å². The molecule has 1 fully saturated rings. The molecule has 9 nitrogen and oxygen atoms in total. The summed E-state index contributed by atoms with van der Waals surface area (Å²) >= 11 is 0. The van der Waals surface area contributed by atoms with Crippen LogP contribution in [0.4, 0.5) is 5.69 Å². The minimum atomic E-state index is -0.300. The summed E-state index contributed by atoms with van der Waals surface area (Å²) < 4.78 is 6.86. The number of hydrogen-bond donors (Lipinski definition) is 2. The number of nitrogens with one attached hydrogen (secondary N) is 2. The molecule has 3 aromatic rings. The van der Waals surface area contributed by atoms with Gasteiger partial charge in [-0.15, -0.1) is 0 Å². The second kappa shape index (κ2) is 9.29. The molecule has 9 heteroatoms. The van der Waals surface area contributed by atoms with Gasteiger partial charge in [-0.25, -0.2) is 4.68 Å². The molecular formula is C22H23N5O4. The average Bonchev–Trinajstić information content (AvgIpc) is 3.52. The third-order valence-corrected chi connectivity index (χ3v) is 5.23. The fraction of sp³-hybridized carbons (Fsp3) is 0.273. The van der Waals surface area contributed by atoms with Crippen LogP contribution >= 0.6 is 0 Å². The smallest absolute Gasteiger partial charge is 0.289 e. The molecule has 1 aromatic carbocycles. The molecule has 1 saturated heterocycles. The number of benzene rings is 1. The van der Waals surface area contributed by atoms with Crippen molar-refractivity contribution in [2.75, 3.05) is 25.0 Å². The standard InChI is InChI=1S/C22H23N5O4/c28-20(25-17-4-6-18(7-5-17)27-11-2-10-24-27)15-23-21(29)16-8-12-26(13-9-16)22(30)19-3-1-14-31-19/h1-7,10-11,14,16H,8-9,12-13,15H2,(H,23,29)(H,25,28). The number of likely N-dealkylation sites (tertiary alicyclic amines) is 1. The fourth-order valence-electron chi connectivity index (χ4n) is 3.54. The van der Waals surface area contributed by atoms with Gasteiger partial charge in [0.05, 0.1) is 18.5 Å². The second-order valence-corrected chi connectivity index (χ2v) is 7.31. The predicted molar refractivity (Wildman–Crippen MR) is 113 cm³/mol. The van der Waals surface area contributed by atoms with Crippen LogP contribution in [0.15, 0.2) is 65.5 Å². The highest BCUT2D eigenvalue weighted by atomic mass is 16.3. The Morgan fingerprint density at radius 1 is 1.06 bits per heavy atom.